The summed E-state index contributed by atoms with van der Waals surface area (Å²) >= 11 is 0. The maximum absolute atomic E-state index is 11.4. The zero-order chi connectivity index (χ0) is 19.5. The summed E-state index contributed by atoms with van der Waals surface area (Å²) in [5, 5.41) is 0. The second kappa shape index (κ2) is 11.9. The molecule has 8 nitrogen and oxygen atoms in total. The highest BCUT2D eigenvalue weighted by molar-refractivity contribution is 5.67. The van der Waals surface area contributed by atoms with E-state index in [2.05, 4.69) is 6.92 Å². The van der Waals surface area contributed by atoms with Gasteiger partial charge in [0.25, 0.3) is 0 Å². The molecule has 1 rings (SSSR count). The van der Waals surface area contributed by atoms with Crippen LogP contribution < -0.4 is 0 Å². The van der Waals surface area contributed by atoms with Crippen molar-refractivity contribution in [1.82, 2.24) is 0 Å². The topological polar surface area (TPSA) is 97.4 Å². The van der Waals surface area contributed by atoms with Gasteiger partial charge in [-0.2, -0.15) is 0 Å². The molecule has 1 aliphatic heterocycles. The lowest BCUT2D eigenvalue weighted by Gasteiger charge is -2.39. The van der Waals surface area contributed by atoms with E-state index in [0.717, 1.165) is 25.7 Å². The molecule has 0 spiro atoms. The van der Waals surface area contributed by atoms with Crippen LogP contribution in [0.5, 0.6) is 0 Å². The quantitative estimate of drug-likeness (QED) is 0.326. The molecule has 1 heterocycles. The lowest BCUT2D eigenvalue weighted by atomic mass is 10.0. The molecule has 0 aromatic carbocycles. The van der Waals surface area contributed by atoms with Gasteiger partial charge in [-0.1, -0.05) is 26.2 Å². The number of esters is 3. The van der Waals surface area contributed by atoms with Crippen molar-refractivity contribution in [3.8, 4) is 0 Å². The molecule has 1 saturated heterocycles. The minimum atomic E-state index is -0.865. The van der Waals surface area contributed by atoms with Gasteiger partial charge >= 0.3 is 17.9 Å². The lowest BCUT2D eigenvalue weighted by Crippen LogP contribution is -2.54. The smallest absolute Gasteiger partial charge is 0.303 e. The van der Waals surface area contributed by atoms with E-state index in [-0.39, 0.29) is 13.0 Å². The summed E-state index contributed by atoms with van der Waals surface area (Å²) in [6, 6.07) is 0. The first-order chi connectivity index (χ1) is 12.3. The fraction of sp³-hybridized carbons (Fsp3) is 0.833. The molecular weight excluding hydrogens is 344 g/mol. The molecule has 0 unspecified atom stereocenters. The maximum atomic E-state index is 11.4. The molecule has 0 aromatic heterocycles. The first-order valence-corrected chi connectivity index (χ1v) is 9.08. The number of carbonyl (C=O) groups is 3. The molecule has 0 amide bonds. The number of unbranched alkanes of at least 4 members (excludes halogenated alkanes) is 3. The summed E-state index contributed by atoms with van der Waals surface area (Å²) in [4.78, 5) is 34.0. The highest BCUT2D eigenvalue weighted by atomic mass is 16.7. The van der Waals surface area contributed by atoms with E-state index in [1.165, 1.54) is 20.8 Å². The molecule has 1 aliphatic rings. The first kappa shape index (κ1) is 22.4. The Morgan fingerprint density at radius 2 is 1.65 bits per heavy atom. The van der Waals surface area contributed by atoms with Gasteiger partial charge in [0.15, 0.2) is 12.4 Å². The van der Waals surface area contributed by atoms with Crippen molar-refractivity contribution in [3.05, 3.63) is 0 Å². The van der Waals surface area contributed by atoms with Crippen LogP contribution in [-0.4, -0.2) is 55.7 Å². The van der Waals surface area contributed by atoms with Crippen LogP contribution in [0.1, 0.15) is 59.8 Å². The van der Waals surface area contributed by atoms with Crippen LogP contribution in [0.15, 0.2) is 0 Å². The second-order valence-electron chi connectivity index (χ2n) is 6.30. The Balaban J connectivity index is 2.75. The zero-order valence-electron chi connectivity index (χ0n) is 16.0. The summed E-state index contributed by atoms with van der Waals surface area (Å²) in [6.07, 6.45) is 1.45. The molecule has 26 heavy (non-hydrogen) atoms. The van der Waals surface area contributed by atoms with Crippen molar-refractivity contribution < 1.29 is 38.1 Å². The molecule has 150 valence electrons. The van der Waals surface area contributed by atoms with Gasteiger partial charge in [0.05, 0.1) is 0 Å². The SMILES string of the molecule is CCCCCCO[C@@H]1C[C@@H](OC(C)=O)[C@@H](OC(C)=O)[C@@H](COC(C)=O)O1. The fourth-order valence-electron chi connectivity index (χ4n) is 2.75. The van der Waals surface area contributed by atoms with E-state index >= 15 is 0 Å². The Morgan fingerprint density at radius 1 is 0.962 bits per heavy atom. The molecule has 0 saturated carbocycles. The molecule has 0 N–H and O–H groups in total. The monoisotopic (exact) mass is 374 g/mol. The van der Waals surface area contributed by atoms with Gasteiger partial charge in [-0.25, -0.2) is 0 Å². The Kier molecular flexibility index (Phi) is 10.2. The van der Waals surface area contributed by atoms with Crippen LogP contribution in [0.4, 0.5) is 0 Å². The van der Waals surface area contributed by atoms with Gasteiger partial charge in [-0.15, -0.1) is 0 Å². The van der Waals surface area contributed by atoms with Crippen LogP contribution in [0.25, 0.3) is 0 Å². The highest BCUT2D eigenvalue weighted by Crippen LogP contribution is 2.27. The van der Waals surface area contributed by atoms with Crippen molar-refractivity contribution in [3.63, 3.8) is 0 Å². The Bertz CT molecular complexity index is 464. The summed E-state index contributed by atoms with van der Waals surface area (Å²) in [5.74, 6) is -1.52. The third-order valence-corrected chi connectivity index (χ3v) is 3.86. The van der Waals surface area contributed by atoms with Gasteiger partial charge < -0.3 is 23.7 Å². The minimum Gasteiger partial charge on any atom is -0.463 e. The predicted octanol–water partition coefficient (Wildman–Crippen LogP) is 2.12. The molecule has 4 atom stereocenters. The molecule has 0 radical (unpaired) electrons. The van der Waals surface area contributed by atoms with Crippen LogP contribution in [0.2, 0.25) is 0 Å². The number of carbonyl (C=O) groups excluding carboxylic acids is 3. The molecule has 0 aliphatic carbocycles. The molecule has 1 fully saturated rings. The van der Waals surface area contributed by atoms with Crippen LogP contribution >= 0.6 is 0 Å². The van der Waals surface area contributed by atoms with Gasteiger partial charge in [-0.05, 0) is 6.42 Å². The van der Waals surface area contributed by atoms with E-state index in [9.17, 15) is 14.4 Å². The van der Waals surface area contributed by atoms with Crippen molar-refractivity contribution in [2.45, 2.75) is 84.4 Å². The number of hydrogen-bond acceptors (Lipinski definition) is 8. The molecule has 0 bridgehead atoms. The number of hydrogen-bond donors (Lipinski definition) is 0. The third-order valence-electron chi connectivity index (χ3n) is 3.86. The van der Waals surface area contributed by atoms with E-state index in [1.54, 1.807) is 0 Å². The van der Waals surface area contributed by atoms with Crippen LogP contribution in [0.3, 0.4) is 0 Å². The molecular formula is C18H30O8. The second-order valence-corrected chi connectivity index (χ2v) is 6.30. The molecule has 0 aromatic rings. The summed E-state index contributed by atoms with van der Waals surface area (Å²) in [7, 11) is 0. The summed E-state index contributed by atoms with van der Waals surface area (Å²) < 4.78 is 27.1. The minimum absolute atomic E-state index is 0.124. The average Bonchev–Trinajstić information content (AvgIpc) is 2.54. The van der Waals surface area contributed by atoms with Gasteiger partial charge in [0.2, 0.25) is 0 Å². The predicted molar refractivity (Wildman–Crippen MR) is 91.1 cm³/mol. The van der Waals surface area contributed by atoms with E-state index in [0.29, 0.717) is 6.61 Å². The largest absolute Gasteiger partial charge is 0.463 e. The van der Waals surface area contributed by atoms with Gasteiger partial charge in [0, 0.05) is 33.8 Å². The van der Waals surface area contributed by atoms with Crippen molar-refractivity contribution in [2.75, 3.05) is 13.2 Å². The zero-order valence-corrected chi connectivity index (χ0v) is 16.0. The lowest BCUT2D eigenvalue weighted by molar-refractivity contribution is -0.266. The Hall–Kier alpha value is -1.67. The Morgan fingerprint density at radius 3 is 2.23 bits per heavy atom. The molecule has 8 heteroatoms. The van der Waals surface area contributed by atoms with Crippen LogP contribution in [-0.2, 0) is 38.1 Å². The van der Waals surface area contributed by atoms with E-state index in [4.69, 9.17) is 23.7 Å². The Labute approximate surface area is 154 Å². The number of ether oxygens (including phenoxy) is 5. The maximum Gasteiger partial charge on any atom is 0.303 e. The fourth-order valence-corrected chi connectivity index (χ4v) is 2.75. The van der Waals surface area contributed by atoms with E-state index < -0.39 is 42.5 Å². The van der Waals surface area contributed by atoms with Crippen molar-refractivity contribution in [1.29, 1.82) is 0 Å². The third kappa shape index (κ3) is 8.62. The normalized spacial score (nSPS) is 25.4. The standard InChI is InChI=1S/C18H30O8/c1-5-6-7-8-9-22-17-10-15(24-13(3)20)18(25-14(4)21)16(26-17)11-23-12(2)19/h15-18H,5-11H2,1-4H3/t15-,16-,17+,18-/m1/s1. The average molecular weight is 374 g/mol. The van der Waals surface area contributed by atoms with Gasteiger partial charge in [-0.3, -0.25) is 14.4 Å². The van der Waals surface area contributed by atoms with Crippen LogP contribution in [0, 0.1) is 0 Å². The van der Waals surface area contributed by atoms with Crippen molar-refractivity contribution in [2.24, 2.45) is 0 Å². The van der Waals surface area contributed by atoms with E-state index in [1.807, 2.05) is 0 Å². The van der Waals surface area contributed by atoms with Crippen molar-refractivity contribution >= 4 is 17.9 Å². The highest BCUT2D eigenvalue weighted by Gasteiger charge is 2.44. The first-order valence-electron chi connectivity index (χ1n) is 9.08. The van der Waals surface area contributed by atoms with Gasteiger partial charge in [0.1, 0.15) is 18.8 Å². The number of rotatable bonds is 10. The summed E-state index contributed by atoms with van der Waals surface area (Å²) in [5.41, 5.74) is 0. The summed E-state index contributed by atoms with van der Waals surface area (Å²) in [6.45, 7) is 6.32.